The molecule has 0 unspecified atom stereocenters. The second-order valence-electron chi connectivity index (χ2n) is 0. The van der Waals surface area contributed by atoms with Crippen LogP contribution in [0.25, 0.3) is 0 Å². The summed E-state index contributed by atoms with van der Waals surface area (Å²) in [4.78, 5) is 0. The van der Waals surface area contributed by atoms with E-state index in [1.165, 1.54) is 0 Å². The van der Waals surface area contributed by atoms with Crippen LogP contribution in [0, 0.1) is 0 Å². The van der Waals surface area contributed by atoms with Crippen molar-refractivity contribution >= 4 is 47.9 Å². The van der Waals surface area contributed by atoms with E-state index in [1.54, 1.807) is 0 Å². The van der Waals surface area contributed by atoms with Gasteiger partial charge in [0.25, 0.3) is 0 Å². The molecule has 0 aromatic carbocycles. The van der Waals surface area contributed by atoms with Gasteiger partial charge in [-0.15, -0.1) is 0 Å². The molecule has 0 aliphatic carbocycles. The van der Waals surface area contributed by atoms with Gasteiger partial charge in [0.2, 0.25) is 10.1 Å². The molecule has 0 atom stereocenters. The fourth-order valence-corrected chi connectivity index (χ4v) is 0. The van der Waals surface area contributed by atoms with E-state index in [1.807, 2.05) is 0 Å². The van der Waals surface area contributed by atoms with E-state index in [-0.39, 0.29) is 54.8 Å². The van der Waals surface area contributed by atoms with Crippen molar-refractivity contribution in [1.29, 1.82) is 0 Å². The van der Waals surface area contributed by atoms with Crippen LogP contribution in [0.5, 0.6) is 0 Å². The Balaban J connectivity index is -0.00000000500. The van der Waals surface area contributed by atoms with E-state index in [2.05, 4.69) is 0 Å². The van der Waals surface area contributed by atoms with E-state index in [0.29, 0.717) is 10.1 Å². The van der Waals surface area contributed by atoms with Gasteiger partial charge in [-0.3, -0.25) is 0 Å². The van der Waals surface area contributed by atoms with E-state index >= 15 is 0 Å². The minimum Gasteiger partial charge on any atom is 0 e. The minimum atomic E-state index is 0. The Hall–Kier alpha value is 1.80. The number of rotatable bonds is 0. The molecule has 1 nitrogen and oxygen atoms in total. The van der Waals surface area contributed by atoms with Gasteiger partial charge < -0.3 is 4.46 Å². The Morgan fingerprint density at radius 2 is 1.25 bits per heavy atom. The van der Waals surface area contributed by atoms with Crippen LogP contribution in [-0.2, 0) is 21.5 Å². The average Bonchev–Trinajstić information content (AvgIpc) is 1.00. The maximum atomic E-state index is 8.28. The third kappa shape index (κ3) is 9.20. The van der Waals surface area contributed by atoms with Crippen molar-refractivity contribution in [3.8, 4) is 0 Å². The minimum absolute atomic E-state index is 0. The van der Waals surface area contributed by atoms with Gasteiger partial charge in [-0.05, 0) is 0 Å². The summed E-state index contributed by atoms with van der Waals surface area (Å²) in [6, 6.07) is 0. The fourth-order valence-electron chi connectivity index (χ4n) is 0. The predicted molar refractivity (Wildman–Crippen MR) is 17.8 cm³/mol. The fraction of sp³-hybridized carbons (Fsp3) is 0. The second kappa shape index (κ2) is 21.4. The Morgan fingerprint density at radius 1 is 1.25 bits per heavy atom. The molecule has 24 valence electrons. The monoisotopic (exact) mass is 144 g/mol. The van der Waals surface area contributed by atoms with Crippen molar-refractivity contribution < 1.29 is 21.5 Å². The number of hydrogen-bond donors (Lipinski definition) is 0. The number of hydrogen-bond acceptors (Lipinski definition) is 1. The molecule has 0 spiro atoms. The first-order chi connectivity index (χ1) is 1.00. The topological polar surface area (TPSA) is 17.1 Å². The van der Waals surface area contributed by atoms with Crippen molar-refractivity contribution in [2.45, 2.75) is 0 Å². The Bertz CT molecular complexity index is 8.00. The van der Waals surface area contributed by atoms with E-state index in [4.69, 9.17) is 4.46 Å². The maximum Gasteiger partial charge on any atom is 0 e. The summed E-state index contributed by atoms with van der Waals surface area (Å²) in [5.74, 6) is 0. The molecule has 0 radical (unpaired) electrons. The van der Waals surface area contributed by atoms with Crippen molar-refractivity contribution in [2.75, 3.05) is 0 Å². The van der Waals surface area contributed by atoms with Crippen molar-refractivity contribution in [1.82, 2.24) is 0 Å². The van der Waals surface area contributed by atoms with Crippen molar-refractivity contribution in [3.63, 3.8) is 0 Å². The van der Waals surface area contributed by atoms with Crippen molar-refractivity contribution in [2.24, 2.45) is 0 Å². The summed E-state index contributed by atoms with van der Waals surface area (Å²) in [6.45, 7) is 0. The summed E-state index contributed by atoms with van der Waals surface area (Å²) in [7, 11) is 0.611. The van der Waals surface area contributed by atoms with Crippen molar-refractivity contribution in [3.05, 3.63) is 0 Å². The van der Waals surface area contributed by atoms with Crippen LogP contribution in [0.2, 0.25) is 0 Å². The van der Waals surface area contributed by atoms with Gasteiger partial charge >= 0.3 is 37.7 Å². The smallest absolute Gasteiger partial charge is 0 e. The summed E-state index contributed by atoms with van der Waals surface area (Å²) in [5.41, 5.74) is 0. The van der Waals surface area contributed by atoms with Gasteiger partial charge in [-0.2, -0.15) is 0 Å². The normalized spacial score (nSPS) is 1.00. The zero-order valence-corrected chi connectivity index (χ0v) is 3.99. The first kappa shape index (κ1) is 17.1. The molecule has 0 aromatic rings. The van der Waals surface area contributed by atoms with Crippen LogP contribution in [0.3, 0.4) is 0 Å². The first-order valence-electron chi connectivity index (χ1n) is 0.289. The molecule has 0 rings (SSSR count). The van der Waals surface area contributed by atoms with Crippen LogP contribution in [0.1, 0.15) is 0 Å². The van der Waals surface area contributed by atoms with Crippen LogP contribution in [0.15, 0.2) is 0 Å². The third-order valence-corrected chi connectivity index (χ3v) is 0. The molecule has 0 bridgehead atoms. The van der Waals surface area contributed by atoms with Gasteiger partial charge in [0.05, 0.1) is 0 Å². The van der Waals surface area contributed by atoms with Crippen LogP contribution < -0.4 is 0 Å². The Kier molecular flexibility index (Phi) is 91.3. The molecular formula is H4CaFeOSi. The van der Waals surface area contributed by atoms with Crippen LogP contribution in [0.4, 0.5) is 0 Å². The molecule has 0 fully saturated rings. The third-order valence-electron chi connectivity index (χ3n) is 0. The standard InChI is InChI=1S/Ca.Fe.H2OSi.2H/c;;1-2;;/h;;2H2;;. The molecule has 0 aliphatic heterocycles. The summed E-state index contributed by atoms with van der Waals surface area (Å²) < 4.78 is 8.28. The summed E-state index contributed by atoms with van der Waals surface area (Å²) in [5, 5.41) is 0. The Labute approximate surface area is 68.5 Å². The van der Waals surface area contributed by atoms with Crippen LogP contribution in [-0.4, -0.2) is 47.9 Å². The molecule has 4 heteroatoms. The average molecular weight is 144 g/mol. The van der Waals surface area contributed by atoms with Gasteiger partial charge in [0.1, 0.15) is 0 Å². The second-order valence-corrected chi connectivity index (χ2v) is 0. The van der Waals surface area contributed by atoms with E-state index in [0.717, 1.165) is 0 Å². The van der Waals surface area contributed by atoms with E-state index in [9.17, 15) is 0 Å². The van der Waals surface area contributed by atoms with Gasteiger partial charge in [0.15, 0.2) is 0 Å². The molecule has 0 saturated heterocycles. The molecule has 0 heterocycles. The molecule has 0 amide bonds. The Morgan fingerprint density at radius 3 is 1.25 bits per heavy atom. The largest absolute Gasteiger partial charge is 0 e. The zero-order chi connectivity index (χ0) is 2.00. The van der Waals surface area contributed by atoms with Gasteiger partial charge in [-0.25, -0.2) is 0 Å². The SMILES string of the molecule is O=[SiH2].[CaH2].[Fe]. The maximum absolute atomic E-state index is 8.28. The molecule has 0 aliphatic rings. The zero-order valence-electron chi connectivity index (χ0n) is 1.47. The van der Waals surface area contributed by atoms with Gasteiger partial charge in [0, 0.05) is 17.1 Å². The molecule has 0 N–H and O–H groups in total. The molecular weight excluding hydrogens is 140 g/mol. The van der Waals surface area contributed by atoms with Gasteiger partial charge in [-0.1, -0.05) is 0 Å². The summed E-state index contributed by atoms with van der Waals surface area (Å²) >= 11 is 0. The molecule has 0 saturated carbocycles. The molecule has 0 aromatic heterocycles. The quantitative estimate of drug-likeness (QED) is 0.361. The first-order valence-corrected chi connectivity index (χ1v) is 0.866. The van der Waals surface area contributed by atoms with E-state index < -0.39 is 0 Å². The summed E-state index contributed by atoms with van der Waals surface area (Å²) in [6.07, 6.45) is 0. The molecule has 4 heavy (non-hydrogen) atoms. The van der Waals surface area contributed by atoms with Crippen LogP contribution >= 0.6 is 0 Å². The predicted octanol–water partition coefficient (Wildman–Crippen LogP) is -1.95.